The molecule has 23 heavy (non-hydrogen) atoms. The van der Waals surface area contributed by atoms with Crippen LogP contribution in [0.2, 0.25) is 0 Å². The summed E-state index contributed by atoms with van der Waals surface area (Å²) in [7, 11) is 0. The number of benzene rings is 1. The van der Waals surface area contributed by atoms with Gasteiger partial charge in [-0.05, 0) is 19.1 Å². The minimum atomic E-state index is -0.296. The summed E-state index contributed by atoms with van der Waals surface area (Å²) in [5.74, 6) is 0.765. The van der Waals surface area contributed by atoms with E-state index >= 15 is 0 Å². The smallest absolute Gasteiger partial charge is 0.314 e. The van der Waals surface area contributed by atoms with Crippen LogP contribution >= 0.6 is 0 Å². The number of rotatable bonds is 7. The predicted octanol–water partition coefficient (Wildman–Crippen LogP) is 0.930. The minimum Gasteiger partial charge on any atom is -0.492 e. The number of carbonyl (C=O) groups excluding carboxylic acids is 1. The van der Waals surface area contributed by atoms with Gasteiger partial charge < -0.3 is 15.4 Å². The quantitative estimate of drug-likeness (QED) is 0.744. The third-order valence-electron chi connectivity index (χ3n) is 3.11. The van der Waals surface area contributed by atoms with E-state index in [0.29, 0.717) is 31.8 Å². The number of aryl methyl sites for hydroxylation is 1. The van der Waals surface area contributed by atoms with Gasteiger partial charge in [-0.15, -0.1) is 0 Å². The zero-order valence-electron chi connectivity index (χ0n) is 13.0. The molecule has 0 unspecified atom stereocenters. The van der Waals surface area contributed by atoms with Crippen molar-refractivity contribution in [1.82, 2.24) is 20.2 Å². The molecule has 0 aliphatic heterocycles. The van der Waals surface area contributed by atoms with Crippen molar-refractivity contribution in [2.45, 2.75) is 13.5 Å². The fraction of sp³-hybridized carbons (Fsp3) is 0.312. The summed E-state index contributed by atoms with van der Waals surface area (Å²) >= 11 is 0. The molecule has 0 radical (unpaired) electrons. The van der Waals surface area contributed by atoms with Crippen molar-refractivity contribution < 1.29 is 9.53 Å². The lowest BCUT2D eigenvalue weighted by atomic mass is 10.3. The number of hydrogen-bond donors (Lipinski definition) is 2. The number of nitrogens with zero attached hydrogens (tertiary/aromatic N) is 2. The van der Waals surface area contributed by atoms with Crippen LogP contribution in [0.5, 0.6) is 5.75 Å². The molecular weight excluding hydrogens is 296 g/mol. The Bertz CT molecular complexity index is 685. The molecule has 0 saturated heterocycles. The second-order valence-electron chi connectivity index (χ2n) is 4.92. The van der Waals surface area contributed by atoms with Crippen molar-refractivity contribution in [3.8, 4) is 5.75 Å². The van der Waals surface area contributed by atoms with Gasteiger partial charge in [0.2, 0.25) is 0 Å². The van der Waals surface area contributed by atoms with Crippen molar-refractivity contribution in [2.24, 2.45) is 0 Å². The largest absolute Gasteiger partial charge is 0.492 e. The van der Waals surface area contributed by atoms with Gasteiger partial charge in [-0.1, -0.05) is 18.2 Å². The van der Waals surface area contributed by atoms with Gasteiger partial charge >= 0.3 is 6.03 Å². The van der Waals surface area contributed by atoms with Crippen LogP contribution in [-0.4, -0.2) is 35.3 Å². The molecule has 7 heteroatoms. The minimum absolute atomic E-state index is 0.0986. The van der Waals surface area contributed by atoms with E-state index in [1.807, 2.05) is 30.3 Å². The Morgan fingerprint density at radius 1 is 1.22 bits per heavy atom. The number of nitrogens with one attached hydrogen (secondary N) is 2. The van der Waals surface area contributed by atoms with Crippen LogP contribution in [0.1, 0.15) is 5.56 Å². The van der Waals surface area contributed by atoms with Crippen LogP contribution < -0.4 is 20.9 Å². The molecule has 0 aliphatic rings. The first kappa shape index (κ1) is 16.5. The molecule has 0 aliphatic carbocycles. The van der Waals surface area contributed by atoms with Gasteiger partial charge in [-0.2, -0.15) is 0 Å². The summed E-state index contributed by atoms with van der Waals surface area (Å²) in [4.78, 5) is 27.3. The Balaban J connectivity index is 1.62. The molecule has 0 saturated carbocycles. The number of carbonyl (C=O) groups is 1. The Morgan fingerprint density at radius 3 is 2.74 bits per heavy atom. The molecule has 7 nitrogen and oxygen atoms in total. The molecule has 0 bridgehead atoms. The zero-order chi connectivity index (χ0) is 16.5. The lowest BCUT2D eigenvalue weighted by molar-refractivity contribution is 0.236. The third-order valence-corrected chi connectivity index (χ3v) is 3.11. The molecular formula is C16H20N4O3. The number of urea groups is 1. The van der Waals surface area contributed by atoms with E-state index in [9.17, 15) is 9.59 Å². The third kappa shape index (κ3) is 5.46. The second-order valence-corrected chi connectivity index (χ2v) is 4.92. The summed E-state index contributed by atoms with van der Waals surface area (Å²) in [5, 5.41) is 5.37. The van der Waals surface area contributed by atoms with Crippen LogP contribution in [0.3, 0.4) is 0 Å². The molecule has 0 spiro atoms. The van der Waals surface area contributed by atoms with E-state index in [0.717, 1.165) is 5.75 Å². The van der Waals surface area contributed by atoms with Crippen LogP contribution in [0, 0.1) is 6.92 Å². The maximum atomic E-state index is 11.8. The van der Waals surface area contributed by atoms with Gasteiger partial charge in [-0.3, -0.25) is 9.36 Å². The number of hydrogen-bond acceptors (Lipinski definition) is 4. The predicted molar refractivity (Wildman–Crippen MR) is 86.6 cm³/mol. The summed E-state index contributed by atoms with van der Waals surface area (Å²) in [5.41, 5.74) is 0.480. The number of aromatic nitrogens is 2. The molecule has 0 fully saturated rings. The van der Waals surface area contributed by atoms with Gasteiger partial charge in [0.05, 0.1) is 12.9 Å². The normalized spacial score (nSPS) is 10.1. The van der Waals surface area contributed by atoms with E-state index < -0.39 is 0 Å². The maximum absolute atomic E-state index is 11.8. The lowest BCUT2D eigenvalue weighted by Gasteiger charge is -2.10. The van der Waals surface area contributed by atoms with Gasteiger partial charge in [0.1, 0.15) is 12.4 Å². The Labute approximate surface area is 134 Å². The van der Waals surface area contributed by atoms with Crippen LogP contribution in [0.25, 0.3) is 0 Å². The summed E-state index contributed by atoms with van der Waals surface area (Å²) in [6.07, 6.45) is 2.98. The number of para-hydroxylation sites is 1. The summed E-state index contributed by atoms with van der Waals surface area (Å²) < 4.78 is 6.93. The average molecular weight is 316 g/mol. The molecule has 2 aromatic rings. The fourth-order valence-corrected chi connectivity index (χ4v) is 1.92. The molecule has 2 amide bonds. The second kappa shape index (κ2) is 8.57. The van der Waals surface area contributed by atoms with Crippen molar-refractivity contribution >= 4 is 6.03 Å². The van der Waals surface area contributed by atoms with Gasteiger partial charge in [0, 0.05) is 24.8 Å². The molecule has 2 rings (SSSR count). The van der Waals surface area contributed by atoms with Crippen molar-refractivity contribution in [1.29, 1.82) is 0 Å². The number of amides is 2. The molecule has 1 aromatic heterocycles. The fourth-order valence-electron chi connectivity index (χ4n) is 1.92. The number of ether oxygens (including phenoxy) is 1. The van der Waals surface area contributed by atoms with E-state index in [4.69, 9.17) is 4.74 Å². The highest BCUT2D eigenvalue weighted by Gasteiger charge is 2.02. The van der Waals surface area contributed by atoms with Crippen LogP contribution in [-0.2, 0) is 6.54 Å². The van der Waals surface area contributed by atoms with Crippen LogP contribution in [0.4, 0.5) is 4.79 Å². The topological polar surface area (TPSA) is 85.2 Å². The average Bonchev–Trinajstić information content (AvgIpc) is 2.56. The molecule has 1 heterocycles. The monoisotopic (exact) mass is 316 g/mol. The molecule has 1 aromatic carbocycles. The Hall–Kier alpha value is -2.83. The first-order valence-electron chi connectivity index (χ1n) is 7.37. The van der Waals surface area contributed by atoms with Crippen molar-refractivity contribution in [3.05, 3.63) is 58.8 Å². The van der Waals surface area contributed by atoms with Crippen molar-refractivity contribution in [3.63, 3.8) is 0 Å². The summed E-state index contributed by atoms with van der Waals surface area (Å²) in [6, 6.07) is 9.10. The van der Waals surface area contributed by atoms with E-state index in [2.05, 4.69) is 15.6 Å². The highest BCUT2D eigenvalue weighted by atomic mass is 16.5. The highest BCUT2D eigenvalue weighted by molar-refractivity contribution is 5.73. The van der Waals surface area contributed by atoms with Crippen molar-refractivity contribution in [2.75, 3.05) is 19.7 Å². The van der Waals surface area contributed by atoms with E-state index in [1.165, 1.54) is 17.1 Å². The molecule has 0 atom stereocenters. The molecule has 2 N–H and O–H groups in total. The maximum Gasteiger partial charge on any atom is 0.314 e. The van der Waals surface area contributed by atoms with Gasteiger partial charge in [-0.25, -0.2) is 9.78 Å². The summed E-state index contributed by atoms with van der Waals surface area (Å²) in [6.45, 7) is 3.21. The van der Waals surface area contributed by atoms with E-state index in [1.54, 1.807) is 6.92 Å². The lowest BCUT2D eigenvalue weighted by Crippen LogP contribution is -2.40. The highest BCUT2D eigenvalue weighted by Crippen LogP contribution is 2.07. The SMILES string of the molecule is Cc1cncn(CCNC(=O)NCCOc2ccccc2)c1=O. The Kier molecular flexibility index (Phi) is 6.17. The van der Waals surface area contributed by atoms with Gasteiger partial charge in [0.15, 0.2) is 0 Å². The standard InChI is InChI=1S/C16H20N4O3/c1-13-11-17-12-20(15(13)21)9-7-18-16(22)19-8-10-23-14-5-3-2-4-6-14/h2-6,11-12H,7-10H2,1H3,(H2,18,19,22). The Morgan fingerprint density at radius 2 is 1.96 bits per heavy atom. The first-order chi connectivity index (χ1) is 11.2. The van der Waals surface area contributed by atoms with Gasteiger partial charge in [0.25, 0.3) is 5.56 Å². The van der Waals surface area contributed by atoms with E-state index in [-0.39, 0.29) is 11.6 Å². The van der Waals surface area contributed by atoms with Crippen LogP contribution in [0.15, 0.2) is 47.7 Å². The molecule has 122 valence electrons. The zero-order valence-corrected chi connectivity index (χ0v) is 13.0. The first-order valence-corrected chi connectivity index (χ1v) is 7.37.